The minimum atomic E-state index is -0.317. The summed E-state index contributed by atoms with van der Waals surface area (Å²) in [5, 5.41) is 10.9. The van der Waals surface area contributed by atoms with E-state index in [1.54, 1.807) is 12.1 Å². The Morgan fingerprint density at radius 3 is 2.75 bits per heavy atom. The highest BCUT2D eigenvalue weighted by Gasteiger charge is 2.22. The number of hydrogen-bond acceptors (Lipinski definition) is 3. The van der Waals surface area contributed by atoms with Crippen molar-refractivity contribution in [2.24, 2.45) is 5.92 Å². The highest BCUT2D eigenvalue weighted by Crippen LogP contribution is 2.33. The highest BCUT2D eigenvalue weighted by atomic mass is 16.6. The maximum Gasteiger partial charge on any atom is 0.292 e. The van der Waals surface area contributed by atoms with Gasteiger partial charge in [0.05, 0.1) is 4.92 Å². The van der Waals surface area contributed by atoms with E-state index in [0.717, 1.165) is 18.9 Å². The molecule has 0 unspecified atom stereocenters. The second kappa shape index (κ2) is 4.51. The van der Waals surface area contributed by atoms with Gasteiger partial charge in [0.1, 0.15) is 5.69 Å². The maximum atomic E-state index is 10.9. The van der Waals surface area contributed by atoms with Gasteiger partial charge in [0.2, 0.25) is 0 Å². The van der Waals surface area contributed by atoms with Crippen LogP contribution < -0.4 is 4.90 Å². The third kappa shape index (κ3) is 2.51. The van der Waals surface area contributed by atoms with Gasteiger partial charge in [0.15, 0.2) is 0 Å². The summed E-state index contributed by atoms with van der Waals surface area (Å²) in [6.07, 6.45) is 3.79. The van der Waals surface area contributed by atoms with Crippen LogP contribution in [0.2, 0.25) is 0 Å². The second-order valence-electron chi connectivity index (χ2n) is 4.40. The first-order valence-electron chi connectivity index (χ1n) is 5.63. The number of benzene rings is 1. The summed E-state index contributed by atoms with van der Waals surface area (Å²) in [6, 6.07) is 6.92. The van der Waals surface area contributed by atoms with Gasteiger partial charge < -0.3 is 4.90 Å². The summed E-state index contributed by atoms with van der Waals surface area (Å²) in [5.74, 6) is 0.852. The molecule has 0 amide bonds. The Labute approximate surface area is 95.0 Å². The van der Waals surface area contributed by atoms with Crippen LogP contribution in [0.3, 0.4) is 0 Å². The molecule has 1 fully saturated rings. The topological polar surface area (TPSA) is 46.4 Å². The number of anilines is 1. The number of para-hydroxylation sites is 2. The average molecular weight is 220 g/mol. The summed E-state index contributed by atoms with van der Waals surface area (Å²) in [7, 11) is 1.92. The molecule has 2 rings (SSSR count). The Kier molecular flexibility index (Phi) is 3.08. The minimum Gasteiger partial charge on any atom is -0.369 e. The molecule has 1 aromatic rings. The molecule has 0 aliphatic heterocycles. The molecule has 0 bridgehead atoms. The van der Waals surface area contributed by atoms with E-state index in [0.29, 0.717) is 5.69 Å². The summed E-state index contributed by atoms with van der Waals surface area (Å²) >= 11 is 0. The molecule has 0 heterocycles. The lowest BCUT2D eigenvalue weighted by molar-refractivity contribution is -0.384. The Hall–Kier alpha value is -1.58. The summed E-state index contributed by atoms with van der Waals surface area (Å²) in [5.41, 5.74) is 0.911. The summed E-state index contributed by atoms with van der Waals surface area (Å²) < 4.78 is 0. The van der Waals surface area contributed by atoms with Gasteiger partial charge in [-0.1, -0.05) is 25.0 Å². The SMILES string of the molecule is CN(CCC1CC1)c1ccccc1[N+](=O)[O-]. The molecule has 4 heteroatoms. The first-order valence-corrected chi connectivity index (χ1v) is 5.63. The van der Waals surface area contributed by atoms with Crippen molar-refractivity contribution in [2.75, 3.05) is 18.5 Å². The first-order chi connectivity index (χ1) is 7.68. The molecular formula is C12H16N2O2. The van der Waals surface area contributed by atoms with Gasteiger partial charge >= 0.3 is 0 Å². The number of nitro benzene ring substituents is 1. The van der Waals surface area contributed by atoms with Gasteiger partial charge in [-0.15, -0.1) is 0 Å². The van der Waals surface area contributed by atoms with Gasteiger partial charge in [-0.25, -0.2) is 0 Å². The van der Waals surface area contributed by atoms with Crippen molar-refractivity contribution in [1.82, 2.24) is 0 Å². The fourth-order valence-electron chi connectivity index (χ4n) is 1.84. The fraction of sp³-hybridized carbons (Fsp3) is 0.500. The van der Waals surface area contributed by atoms with E-state index < -0.39 is 0 Å². The monoisotopic (exact) mass is 220 g/mol. The van der Waals surface area contributed by atoms with Crippen molar-refractivity contribution < 1.29 is 4.92 Å². The van der Waals surface area contributed by atoms with E-state index in [4.69, 9.17) is 0 Å². The third-order valence-corrected chi connectivity index (χ3v) is 3.06. The standard InChI is InChI=1S/C12H16N2O2/c1-13(9-8-10-6-7-10)11-4-2-3-5-12(11)14(15)16/h2-5,10H,6-9H2,1H3. The average Bonchev–Trinajstić information content (AvgIpc) is 3.09. The Morgan fingerprint density at radius 1 is 1.44 bits per heavy atom. The predicted molar refractivity (Wildman–Crippen MR) is 63.7 cm³/mol. The van der Waals surface area contributed by atoms with Crippen LogP contribution >= 0.6 is 0 Å². The summed E-state index contributed by atoms with van der Waals surface area (Å²) in [6.45, 7) is 0.898. The number of hydrogen-bond donors (Lipinski definition) is 0. The molecule has 4 nitrogen and oxygen atoms in total. The molecule has 0 aromatic heterocycles. The lowest BCUT2D eigenvalue weighted by atomic mass is 10.2. The van der Waals surface area contributed by atoms with Crippen molar-refractivity contribution in [3.05, 3.63) is 34.4 Å². The third-order valence-electron chi connectivity index (χ3n) is 3.06. The van der Waals surface area contributed by atoms with E-state index in [9.17, 15) is 10.1 Å². The van der Waals surface area contributed by atoms with Crippen molar-refractivity contribution in [2.45, 2.75) is 19.3 Å². The maximum absolute atomic E-state index is 10.9. The second-order valence-corrected chi connectivity index (χ2v) is 4.40. The molecule has 16 heavy (non-hydrogen) atoms. The minimum absolute atomic E-state index is 0.195. The lowest BCUT2D eigenvalue weighted by Gasteiger charge is -2.18. The van der Waals surface area contributed by atoms with Gasteiger partial charge in [0, 0.05) is 19.7 Å². The largest absolute Gasteiger partial charge is 0.369 e. The zero-order chi connectivity index (χ0) is 11.5. The van der Waals surface area contributed by atoms with Gasteiger partial charge in [0.25, 0.3) is 5.69 Å². The zero-order valence-corrected chi connectivity index (χ0v) is 9.43. The molecule has 0 N–H and O–H groups in total. The lowest BCUT2D eigenvalue weighted by Crippen LogP contribution is -2.19. The molecule has 0 radical (unpaired) electrons. The molecule has 0 spiro atoms. The molecule has 1 saturated carbocycles. The van der Waals surface area contributed by atoms with Crippen LogP contribution in [0, 0.1) is 16.0 Å². The molecule has 0 atom stereocenters. The van der Waals surface area contributed by atoms with Crippen LogP contribution in [-0.2, 0) is 0 Å². The van der Waals surface area contributed by atoms with Crippen molar-refractivity contribution in [1.29, 1.82) is 0 Å². The van der Waals surface area contributed by atoms with Crippen LogP contribution in [0.4, 0.5) is 11.4 Å². The molecule has 1 aliphatic carbocycles. The number of nitro groups is 1. The molecular weight excluding hydrogens is 204 g/mol. The summed E-state index contributed by atoms with van der Waals surface area (Å²) in [4.78, 5) is 12.5. The van der Waals surface area contributed by atoms with Crippen molar-refractivity contribution >= 4 is 11.4 Å². The predicted octanol–water partition coefficient (Wildman–Crippen LogP) is 2.83. The molecule has 1 aliphatic rings. The van der Waals surface area contributed by atoms with Crippen LogP contribution in [-0.4, -0.2) is 18.5 Å². The van der Waals surface area contributed by atoms with E-state index >= 15 is 0 Å². The normalized spacial score (nSPS) is 14.8. The number of rotatable bonds is 5. The van der Waals surface area contributed by atoms with Crippen LogP contribution in [0.15, 0.2) is 24.3 Å². The van der Waals surface area contributed by atoms with Crippen molar-refractivity contribution in [3.8, 4) is 0 Å². The van der Waals surface area contributed by atoms with Gasteiger partial charge in [-0.3, -0.25) is 10.1 Å². The van der Waals surface area contributed by atoms with E-state index in [1.165, 1.54) is 12.8 Å². The van der Waals surface area contributed by atoms with E-state index in [2.05, 4.69) is 0 Å². The first kappa shape index (κ1) is 10.9. The van der Waals surface area contributed by atoms with E-state index in [-0.39, 0.29) is 10.6 Å². The molecule has 86 valence electrons. The Morgan fingerprint density at radius 2 is 2.12 bits per heavy atom. The Balaban J connectivity index is 2.07. The van der Waals surface area contributed by atoms with Gasteiger partial charge in [-0.2, -0.15) is 0 Å². The van der Waals surface area contributed by atoms with Crippen LogP contribution in [0.5, 0.6) is 0 Å². The van der Waals surface area contributed by atoms with Crippen LogP contribution in [0.1, 0.15) is 19.3 Å². The zero-order valence-electron chi connectivity index (χ0n) is 9.43. The van der Waals surface area contributed by atoms with Crippen LogP contribution in [0.25, 0.3) is 0 Å². The molecule has 1 aromatic carbocycles. The quantitative estimate of drug-likeness (QED) is 0.566. The molecule has 0 saturated heterocycles. The fourth-order valence-corrected chi connectivity index (χ4v) is 1.84. The van der Waals surface area contributed by atoms with Crippen molar-refractivity contribution in [3.63, 3.8) is 0 Å². The highest BCUT2D eigenvalue weighted by molar-refractivity contribution is 5.62. The Bertz CT molecular complexity index is 388. The van der Waals surface area contributed by atoms with E-state index in [1.807, 2.05) is 24.1 Å². The van der Waals surface area contributed by atoms with Gasteiger partial charge in [-0.05, 0) is 18.4 Å². The smallest absolute Gasteiger partial charge is 0.292 e. The number of nitrogens with zero attached hydrogens (tertiary/aromatic N) is 2.